The monoisotopic (exact) mass is 456 g/mol. The number of hydrogen-bond donors (Lipinski definition) is 4. The van der Waals surface area contributed by atoms with Crippen molar-refractivity contribution in [1.82, 2.24) is 5.43 Å². The molecule has 3 aromatic rings. The lowest BCUT2D eigenvalue weighted by molar-refractivity contribution is -0.121. The van der Waals surface area contributed by atoms with Crippen LogP contribution in [0.15, 0.2) is 98.1 Å². The number of amides is 1. The van der Waals surface area contributed by atoms with E-state index in [4.69, 9.17) is 14.9 Å². The normalized spacial score (nSPS) is 10.9. The Balaban J connectivity index is 1.92. The van der Waals surface area contributed by atoms with Gasteiger partial charge in [0.1, 0.15) is 30.8 Å². The summed E-state index contributed by atoms with van der Waals surface area (Å²) in [5.74, 6) is 0.785. The zero-order chi connectivity index (χ0) is 24.2. The predicted octanol–water partition coefficient (Wildman–Crippen LogP) is 5.11. The molecule has 7 nitrogen and oxygen atoms in total. The molecule has 0 aliphatic carbocycles. The summed E-state index contributed by atoms with van der Waals surface area (Å²) in [4.78, 5) is 13.3. The van der Waals surface area contributed by atoms with E-state index in [1.807, 2.05) is 42.5 Å². The molecule has 4 N–H and O–H groups in total. The Hall–Kier alpha value is -4.52. The maximum Gasteiger partial charge on any atom is 0.265 e. The number of carbonyl (C=O) groups excluding carboxylic acids is 1. The number of hydrogen-bond acceptors (Lipinski definition) is 6. The molecule has 0 bridgehead atoms. The smallest absolute Gasteiger partial charge is 0.265 e. The lowest BCUT2D eigenvalue weighted by Gasteiger charge is -2.22. The molecule has 1 amide bonds. The van der Waals surface area contributed by atoms with Crippen molar-refractivity contribution in [3.8, 4) is 11.5 Å². The van der Waals surface area contributed by atoms with Gasteiger partial charge < -0.3 is 20.2 Å². The molecule has 0 aromatic heterocycles. The Labute approximate surface area is 199 Å². The Bertz CT molecular complexity index is 1080. The summed E-state index contributed by atoms with van der Waals surface area (Å²) in [5.41, 5.74) is 8.58. The molecule has 0 saturated heterocycles. The molecule has 1 unspecified atom stereocenters. The summed E-state index contributed by atoms with van der Waals surface area (Å²) in [6.07, 6.45) is 4.56. The number of nitrogens with one attached hydrogen (secondary N) is 4. The molecule has 3 aromatic carbocycles. The largest absolute Gasteiger partial charge is 0.489 e. The first-order valence-electron chi connectivity index (χ1n) is 10.7. The van der Waals surface area contributed by atoms with Gasteiger partial charge in [-0.1, -0.05) is 55.6 Å². The lowest BCUT2D eigenvalue weighted by Crippen LogP contribution is -2.37. The number of hydrazine groups is 1. The maximum atomic E-state index is 13.3. The van der Waals surface area contributed by atoms with Gasteiger partial charge in [-0.3, -0.25) is 15.6 Å². The molecule has 0 aliphatic rings. The number of ether oxygens (including phenoxy) is 2. The van der Waals surface area contributed by atoms with Gasteiger partial charge in [-0.05, 0) is 47.5 Å². The second-order valence-electron chi connectivity index (χ2n) is 7.26. The first-order chi connectivity index (χ1) is 16.6. The molecule has 0 fully saturated rings. The van der Waals surface area contributed by atoms with E-state index in [1.165, 1.54) is 6.21 Å². The van der Waals surface area contributed by atoms with Crippen molar-refractivity contribution in [2.75, 3.05) is 24.0 Å². The maximum absolute atomic E-state index is 13.3. The van der Waals surface area contributed by atoms with Crippen LogP contribution in [0.3, 0.4) is 0 Å². The fourth-order valence-electron chi connectivity index (χ4n) is 3.11. The van der Waals surface area contributed by atoms with E-state index in [9.17, 15) is 4.79 Å². The first-order valence-corrected chi connectivity index (χ1v) is 10.7. The Morgan fingerprint density at radius 2 is 1.50 bits per heavy atom. The zero-order valence-electron chi connectivity index (χ0n) is 18.8. The molecule has 0 aliphatic heterocycles. The summed E-state index contributed by atoms with van der Waals surface area (Å²) >= 11 is 0. The van der Waals surface area contributed by atoms with Gasteiger partial charge in [-0.25, -0.2) is 0 Å². The number of anilines is 2. The van der Waals surface area contributed by atoms with Crippen molar-refractivity contribution >= 4 is 23.5 Å². The fraction of sp³-hybridized carbons (Fsp3) is 0.111. The minimum Gasteiger partial charge on any atom is -0.489 e. The minimum atomic E-state index is -0.777. The van der Waals surface area contributed by atoms with Crippen LogP contribution in [0.25, 0.3) is 0 Å². The van der Waals surface area contributed by atoms with E-state index < -0.39 is 6.04 Å². The van der Waals surface area contributed by atoms with Gasteiger partial charge in [0.2, 0.25) is 0 Å². The van der Waals surface area contributed by atoms with Crippen LogP contribution in [-0.2, 0) is 4.79 Å². The summed E-state index contributed by atoms with van der Waals surface area (Å²) in [6.45, 7) is 8.00. The highest BCUT2D eigenvalue weighted by Crippen LogP contribution is 2.29. The third-order valence-corrected chi connectivity index (χ3v) is 4.73. The second-order valence-corrected chi connectivity index (χ2v) is 7.26. The quantitative estimate of drug-likeness (QED) is 0.163. The average molecular weight is 457 g/mol. The summed E-state index contributed by atoms with van der Waals surface area (Å²) in [5, 5.41) is 10.7. The van der Waals surface area contributed by atoms with Crippen LogP contribution >= 0.6 is 0 Å². The van der Waals surface area contributed by atoms with E-state index in [-0.39, 0.29) is 5.91 Å². The van der Waals surface area contributed by atoms with E-state index in [1.54, 1.807) is 42.5 Å². The highest BCUT2D eigenvalue weighted by atomic mass is 16.5. The first kappa shape index (κ1) is 24.1. The number of rotatable bonds is 13. The number of para-hydroxylation sites is 1. The van der Waals surface area contributed by atoms with Crippen LogP contribution < -0.4 is 25.6 Å². The van der Waals surface area contributed by atoms with E-state index >= 15 is 0 Å². The SMILES string of the molecule is C=CCOc1cc(OCC=C)cc(C(Nc2ccc(C=N)cc2)C(=O)NNc2ccccc2)c1. The van der Waals surface area contributed by atoms with Crippen LogP contribution in [0, 0.1) is 5.41 Å². The highest BCUT2D eigenvalue weighted by Gasteiger charge is 2.22. The van der Waals surface area contributed by atoms with Crippen molar-refractivity contribution < 1.29 is 14.3 Å². The average Bonchev–Trinajstić information content (AvgIpc) is 2.88. The van der Waals surface area contributed by atoms with Gasteiger partial charge in [0.15, 0.2) is 0 Å². The van der Waals surface area contributed by atoms with Gasteiger partial charge in [0, 0.05) is 18.0 Å². The molecular weight excluding hydrogens is 428 g/mol. The lowest BCUT2D eigenvalue weighted by atomic mass is 10.0. The Kier molecular flexibility index (Phi) is 8.87. The molecule has 0 saturated carbocycles. The second kappa shape index (κ2) is 12.5. The van der Waals surface area contributed by atoms with E-state index in [0.717, 1.165) is 16.9 Å². The molecule has 3 rings (SSSR count). The van der Waals surface area contributed by atoms with Gasteiger partial charge in [0.05, 0.1) is 5.69 Å². The standard InChI is InChI=1S/C27H28N4O3/c1-3-14-33-24-16-21(17-25(18-24)34-15-4-2)26(29-22-12-10-20(19-28)11-13-22)27(32)31-30-23-8-6-5-7-9-23/h3-13,16-19,26,28-30H,1-2,14-15H2,(H,31,32). The van der Waals surface area contributed by atoms with Gasteiger partial charge in [-0.2, -0.15) is 0 Å². The Morgan fingerprint density at radius 3 is 2.06 bits per heavy atom. The van der Waals surface area contributed by atoms with Gasteiger partial charge in [-0.15, -0.1) is 0 Å². The molecule has 1 atom stereocenters. The minimum absolute atomic E-state index is 0.310. The van der Waals surface area contributed by atoms with Crippen molar-refractivity contribution in [3.05, 3.63) is 109 Å². The molecule has 7 heteroatoms. The van der Waals surface area contributed by atoms with Crippen molar-refractivity contribution in [2.45, 2.75) is 6.04 Å². The summed E-state index contributed by atoms with van der Waals surface area (Å²) < 4.78 is 11.5. The van der Waals surface area contributed by atoms with Crippen molar-refractivity contribution in [1.29, 1.82) is 5.41 Å². The number of carbonyl (C=O) groups is 1. The molecule has 0 heterocycles. The molecule has 0 spiro atoms. The van der Waals surface area contributed by atoms with Crippen LogP contribution in [0.1, 0.15) is 17.2 Å². The fourth-order valence-corrected chi connectivity index (χ4v) is 3.11. The highest BCUT2D eigenvalue weighted by molar-refractivity contribution is 5.87. The van der Waals surface area contributed by atoms with Crippen LogP contribution in [0.4, 0.5) is 11.4 Å². The van der Waals surface area contributed by atoms with E-state index in [2.05, 4.69) is 29.3 Å². The van der Waals surface area contributed by atoms with Crippen LogP contribution in [0.5, 0.6) is 11.5 Å². The van der Waals surface area contributed by atoms with Gasteiger partial charge >= 0.3 is 0 Å². The Morgan fingerprint density at radius 1 is 0.882 bits per heavy atom. The van der Waals surface area contributed by atoms with E-state index in [0.29, 0.717) is 30.3 Å². The molecule has 174 valence electrons. The number of benzene rings is 3. The molecule has 0 radical (unpaired) electrons. The molecular formula is C27H28N4O3. The predicted molar refractivity (Wildman–Crippen MR) is 137 cm³/mol. The topological polar surface area (TPSA) is 95.5 Å². The zero-order valence-corrected chi connectivity index (χ0v) is 18.8. The van der Waals surface area contributed by atoms with Crippen LogP contribution in [0.2, 0.25) is 0 Å². The summed E-state index contributed by atoms with van der Waals surface area (Å²) in [7, 11) is 0. The summed E-state index contributed by atoms with van der Waals surface area (Å²) in [6, 6.07) is 21.1. The van der Waals surface area contributed by atoms with Gasteiger partial charge in [0.25, 0.3) is 5.91 Å². The molecule has 34 heavy (non-hydrogen) atoms. The van der Waals surface area contributed by atoms with Crippen molar-refractivity contribution in [2.24, 2.45) is 0 Å². The third-order valence-electron chi connectivity index (χ3n) is 4.73. The van der Waals surface area contributed by atoms with Crippen LogP contribution in [-0.4, -0.2) is 25.3 Å². The third kappa shape index (κ3) is 7.00. The van der Waals surface area contributed by atoms with Crippen molar-refractivity contribution in [3.63, 3.8) is 0 Å².